The molecule has 0 saturated heterocycles. The Morgan fingerprint density at radius 1 is 0.917 bits per heavy atom. The first-order valence-corrected chi connectivity index (χ1v) is 7.19. The van der Waals surface area contributed by atoms with Gasteiger partial charge in [-0.3, -0.25) is 29.9 Å². The smallest absolute Gasteiger partial charge is 0.273 e. The van der Waals surface area contributed by atoms with Crippen LogP contribution in [0.3, 0.4) is 0 Å². The Morgan fingerprint density at radius 2 is 1.42 bits per heavy atom. The lowest BCUT2D eigenvalue weighted by Gasteiger charge is -2.15. The molecule has 9 nitrogen and oxygen atoms in total. The second kappa shape index (κ2) is 5.69. The van der Waals surface area contributed by atoms with Crippen molar-refractivity contribution in [1.29, 1.82) is 0 Å². The van der Waals surface area contributed by atoms with Crippen LogP contribution in [-0.2, 0) is 0 Å². The highest BCUT2D eigenvalue weighted by atomic mass is 16.6. The summed E-state index contributed by atoms with van der Waals surface area (Å²) in [6, 6.07) is 6.10. The number of nitro benzene ring substituents is 1. The first-order chi connectivity index (χ1) is 11.4. The van der Waals surface area contributed by atoms with Crippen molar-refractivity contribution >= 4 is 5.69 Å². The minimum Gasteiger partial charge on any atom is -0.302 e. The molecule has 0 fully saturated rings. The number of aryl methyl sites for hydroxylation is 2. The van der Waals surface area contributed by atoms with Crippen LogP contribution < -0.4 is 11.1 Å². The van der Waals surface area contributed by atoms with Gasteiger partial charge in [-0.15, -0.1) is 0 Å². The molecule has 0 aliphatic heterocycles. The monoisotopic (exact) mass is 329 g/mol. The van der Waals surface area contributed by atoms with Crippen molar-refractivity contribution in [3.05, 3.63) is 83.2 Å². The first kappa shape index (κ1) is 15.5. The molecule has 0 unspecified atom stereocenters. The zero-order valence-electron chi connectivity index (χ0n) is 13.0. The molecular formula is C15H15N5O4. The lowest BCUT2D eigenvalue weighted by atomic mass is 9.84. The molecular weight excluding hydrogens is 314 g/mol. The van der Waals surface area contributed by atoms with E-state index in [9.17, 15) is 19.7 Å². The summed E-state index contributed by atoms with van der Waals surface area (Å²) in [5.41, 5.74) is 0.874. The number of aromatic amines is 4. The van der Waals surface area contributed by atoms with Crippen LogP contribution in [-0.4, -0.2) is 25.3 Å². The molecule has 1 aromatic carbocycles. The van der Waals surface area contributed by atoms with Crippen LogP contribution in [0.15, 0.2) is 33.9 Å². The summed E-state index contributed by atoms with van der Waals surface area (Å²) in [7, 11) is 0. The van der Waals surface area contributed by atoms with Crippen LogP contribution in [0.4, 0.5) is 5.69 Å². The van der Waals surface area contributed by atoms with Crippen LogP contribution >= 0.6 is 0 Å². The summed E-state index contributed by atoms with van der Waals surface area (Å²) in [6.07, 6.45) is 0. The number of rotatable bonds is 4. The topological polar surface area (TPSA) is 140 Å². The maximum atomic E-state index is 12.3. The molecule has 4 N–H and O–H groups in total. The molecule has 0 amide bonds. The Hall–Kier alpha value is -3.36. The maximum Gasteiger partial charge on any atom is 0.273 e. The van der Waals surface area contributed by atoms with Gasteiger partial charge in [0.1, 0.15) is 0 Å². The number of nitrogens with zero attached hydrogens (tertiary/aromatic N) is 1. The highest BCUT2D eigenvalue weighted by molar-refractivity contribution is 5.53. The third-order valence-electron chi connectivity index (χ3n) is 4.05. The molecule has 3 rings (SSSR count). The fraction of sp³-hybridized carbons (Fsp3) is 0.200. The van der Waals surface area contributed by atoms with Gasteiger partial charge in [0.25, 0.3) is 16.8 Å². The zero-order valence-corrected chi connectivity index (χ0v) is 13.0. The predicted octanol–water partition coefficient (Wildman–Crippen LogP) is 1.42. The molecule has 0 aliphatic rings. The Morgan fingerprint density at radius 3 is 1.83 bits per heavy atom. The predicted molar refractivity (Wildman–Crippen MR) is 86.3 cm³/mol. The van der Waals surface area contributed by atoms with Gasteiger partial charge in [-0.25, -0.2) is 0 Å². The summed E-state index contributed by atoms with van der Waals surface area (Å²) in [4.78, 5) is 35.5. The number of hydrogen-bond donors (Lipinski definition) is 4. The van der Waals surface area contributed by atoms with E-state index in [1.165, 1.54) is 6.07 Å². The number of aromatic nitrogens is 4. The SMILES string of the molecule is Cc1[nH][nH]c(=O)c1C(c1ccccc1[N+](=O)[O-])c1c(C)[nH][nH]c1=O. The van der Waals surface area contributed by atoms with Gasteiger partial charge in [0, 0.05) is 23.0 Å². The average Bonchev–Trinajstić information content (AvgIpc) is 3.05. The van der Waals surface area contributed by atoms with Crippen LogP contribution in [0.1, 0.15) is 34.0 Å². The van der Waals surface area contributed by atoms with Crippen molar-refractivity contribution in [2.75, 3.05) is 0 Å². The Balaban J connectivity index is 2.40. The number of para-hydroxylation sites is 1. The van der Waals surface area contributed by atoms with Crippen LogP contribution in [0.2, 0.25) is 0 Å². The van der Waals surface area contributed by atoms with Gasteiger partial charge in [-0.2, -0.15) is 0 Å². The molecule has 2 aromatic heterocycles. The number of benzene rings is 1. The van der Waals surface area contributed by atoms with Gasteiger partial charge >= 0.3 is 0 Å². The van der Waals surface area contributed by atoms with Crippen molar-refractivity contribution in [3.8, 4) is 0 Å². The van der Waals surface area contributed by atoms with E-state index in [1.54, 1.807) is 32.0 Å². The van der Waals surface area contributed by atoms with Gasteiger partial charge in [-0.05, 0) is 13.8 Å². The lowest BCUT2D eigenvalue weighted by molar-refractivity contribution is -0.385. The second-order valence-electron chi connectivity index (χ2n) is 5.48. The van der Waals surface area contributed by atoms with Gasteiger partial charge < -0.3 is 10.2 Å². The van der Waals surface area contributed by atoms with E-state index in [2.05, 4.69) is 20.4 Å². The number of nitro groups is 1. The highest BCUT2D eigenvalue weighted by Gasteiger charge is 2.32. The standard InChI is InChI=1S/C15H15N5O4/c1-7-11(14(21)18-16-7)13(12-8(2)17-19-15(12)22)9-5-3-4-6-10(9)20(23)24/h3-6,13H,1-2H3,(H2,16,18,21)(H2,17,19,22). The summed E-state index contributed by atoms with van der Waals surface area (Å²) in [5.74, 6) is -0.864. The zero-order chi connectivity index (χ0) is 17.4. The second-order valence-corrected chi connectivity index (χ2v) is 5.48. The average molecular weight is 329 g/mol. The minimum absolute atomic E-state index is 0.150. The highest BCUT2D eigenvalue weighted by Crippen LogP contribution is 2.36. The molecule has 3 aromatic rings. The fourth-order valence-corrected chi connectivity index (χ4v) is 2.96. The van der Waals surface area contributed by atoms with E-state index in [1.807, 2.05) is 0 Å². The number of nitrogens with one attached hydrogen (secondary N) is 4. The van der Waals surface area contributed by atoms with Gasteiger partial charge in [-0.1, -0.05) is 18.2 Å². The third-order valence-corrected chi connectivity index (χ3v) is 4.05. The van der Waals surface area contributed by atoms with E-state index in [4.69, 9.17) is 0 Å². The van der Waals surface area contributed by atoms with Gasteiger partial charge in [0.15, 0.2) is 0 Å². The quantitative estimate of drug-likeness (QED) is 0.424. The van der Waals surface area contributed by atoms with E-state index in [-0.39, 0.29) is 22.4 Å². The molecule has 0 atom stereocenters. The van der Waals surface area contributed by atoms with Crippen molar-refractivity contribution in [2.45, 2.75) is 19.8 Å². The van der Waals surface area contributed by atoms with E-state index >= 15 is 0 Å². The minimum atomic E-state index is -0.864. The van der Waals surface area contributed by atoms with Crippen molar-refractivity contribution in [2.24, 2.45) is 0 Å². The Kier molecular flexibility index (Phi) is 3.68. The summed E-state index contributed by atoms with van der Waals surface area (Å²) in [5, 5.41) is 21.8. The summed E-state index contributed by atoms with van der Waals surface area (Å²) >= 11 is 0. The van der Waals surface area contributed by atoms with Crippen molar-refractivity contribution in [3.63, 3.8) is 0 Å². The van der Waals surface area contributed by atoms with E-state index in [0.717, 1.165) is 0 Å². The molecule has 0 saturated carbocycles. The van der Waals surface area contributed by atoms with Gasteiger partial charge in [0.05, 0.1) is 22.0 Å². The number of hydrogen-bond acceptors (Lipinski definition) is 4. The Bertz CT molecular complexity index is 969. The van der Waals surface area contributed by atoms with Crippen molar-refractivity contribution < 1.29 is 4.92 Å². The summed E-state index contributed by atoms with van der Waals surface area (Å²) < 4.78 is 0. The molecule has 0 spiro atoms. The maximum absolute atomic E-state index is 12.3. The molecule has 0 bridgehead atoms. The lowest BCUT2D eigenvalue weighted by Crippen LogP contribution is -2.21. The van der Waals surface area contributed by atoms with Gasteiger partial charge in [0.2, 0.25) is 0 Å². The van der Waals surface area contributed by atoms with Crippen LogP contribution in [0.25, 0.3) is 0 Å². The number of H-pyrrole nitrogens is 4. The molecule has 0 aliphatic carbocycles. The molecule has 24 heavy (non-hydrogen) atoms. The molecule has 0 radical (unpaired) electrons. The van der Waals surface area contributed by atoms with E-state index in [0.29, 0.717) is 11.4 Å². The first-order valence-electron chi connectivity index (χ1n) is 7.19. The normalized spacial score (nSPS) is 11.1. The molecule has 124 valence electrons. The largest absolute Gasteiger partial charge is 0.302 e. The third kappa shape index (κ3) is 2.35. The fourth-order valence-electron chi connectivity index (χ4n) is 2.96. The van der Waals surface area contributed by atoms with Crippen molar-refractivity contribution in [1.82, 2.24) is 20.4 Å². The molecule has 9 heteroatoms. The molecule has 2 heterocycles. The Labute approximate surface area is 134 Å². The van der Waals surface area contributed by atoms with Crippen LogP contribution in [0, 0.1) is 24.0 Å². The summed E-state index contributed by atoms with van der Waals surface area (Å²) in [6.45, 7) is 3.34. The van der Waals surface area contributed by atoms with E-state index < -0.39 is 22.0 Å². The van der Waals surface area contributed by atoms with Crippen LogP contribution in [0.5, 0.6) is 0 Å².